The Morgan fingerprint density at radius 3 is 3.21 bits per heavy atom. The third-order valence-corrected chi connectivity index (χ3v) is 3.65. The van der Waals surface area contributed by atoms with Gasteiger partial charge in [0.25, 0.3) is 0 Å². The van der Waals surface area contributed by atoms with Gasteiger partial charge in [-0.3, -0.25) is 5.10 Å². The van der Waals surface area contributed by atoms with Crippen molar-refractivity contribution in [3.05, 3.63) is 41.5 Å². The number of ether oxygens (including phenoxy) is 1. The van der Waals surface area contributed by atoms with Crippen LogP contribution in [0.25, 0.3) is 0 Å². The Morgan fingerprint density at radius 2 is 2.42 bits per heavy atom. The molecule has 1 heterocycles. The lowest BCUT2D eigenvalue weighted by molar-refractivity contribution is 0.410. The van der Waals surface area contributed by atoms with Crippen molar-refractivity contribution in [3.63, 3.8) is 0 Å². The quantitative estimate of drug-likeness (QED) is 0.880. The number of benzene rings is 1. The first kappa shape index (κ1) is 12.2. The summed E-state index contributed by atoms with van der Waals surface area (Å²) in [6, 6.07) is 6.75. The highest BCUT2D eigenvalue weighted by atomic mass is 16.5. The summed E-state index contributed by atoms with van der Waals surface area (Å²) in [5.41, 5.74) is 2.77. The summed E-state index contributed by atoms with van der Waals surface area (Å²) in [5.74, 6) is 1.82. The molecule has 2 N–H and O–H groups in total. The van der Waals surface area contributed by atoms with Crippen LogP contribution in [0.15, 0.2) is 24.5 Å². The Balaban J connectivity index is 1.74. The summed E-state index contributed by atoms with van der Waals surface area (Å²) >= 11 is 0. The molecule has 0 amide bonds. The molecule has 0 bridgehead atoms. The maximum Gasteiger partial charge on any atom is 0.138 e. The van der Waals surface area contributed by atoms with Gasteiger partial charge in [-0.05, 0) is 42.5 Å². The van der Waals surface area contributed by atoms with Crippen LogP contribution in [-0.2, 0) is 13.0 Å². The van der Waals surface area contributed by atoms with Crippen LogP contribution in [0.3, 0.4) is 0 Å². The van der Waals surface area contributed by atoms with Gasteiger partial charge in [0.1, 0.15) is 17.9 Å². The van der Waals surface area contributed by atoms with Crippen LogP contribution in [0.4, 0.5) is 0 Å². The van der Waals surface area contributed by atoms with Crippen molar-refractivity contribution in [3.8, 4) is 5.75 Å². The summed E-state index contributed by atoms with van der Waals surface area (Å²) in [5, 5.41) is 10.3. The Bertz CT molecular complexity index is 538. The molecule has 0 radical (unpaired) electrons. The summed E-state index contributed by atoms with van der Waals surface area (Å²) < 4.78 is 5.29. The fourth-order valence-corrected chi connectivity index (χ4v) is 2.67. The lowest BCUT2D eigenvalue weighted by Gasteiger charge is -2.26. The third-order valence-electron chi connectivity index (χ3n) is 3.65. The van der Waals surface area contributed by atoms with E-state index < -0.39 is 0 Å². The van der Waals surface area contributed by atoms with E-state index in [9.17, 15) is 0 Å². The zero-order valence-corrected chi connectivity index (χ0v) is 11.0. The molecular weight excluding hydrogens is 240 g/mol. The van der Waals surface area contributed by atoms with Gasteiger partial charge in [-0.1, -0.05) is 6.07 Å². The maximum atomic E-state index is 5.29. The smallest absolute Gasteiger partial charge is 0.138 e. The second-order valence-electron chi connectivity index (χ2n) is 4.82. The Labute approximate surface area is 112 Å². The molecule has 5 heteroatoms. The number of nitrogens with one attached hydrogen (secondary N) is 2. The van der Waals surface area contributed by atoms with Crippen molar-refractivity contribution in [1.82, 2.24) is 20.5 Å². The second kappa shape index (κ2) is 5.40. The number of aryl methyl sites for hydroxylation is 1. The molecule has 0 aliphatic heterocycles. The molecule has 1 aromatic carbocycles. The first-order valence-electron chi connectivity index (χ1n) is 6.61. The van der Waals surface area contributed by atoms with Crippen LogP contribution in [-0.4, -0.2) is 22.3 Å². The topological polar surface area (TPSA) is 62.8 Å². The summed E-state index contributed by atoms with van der Waals surface area (Å²) in [6.07, 6.45) is 5.03. The number of hydrogen-bond acceptors (Lipinski definition) is 4. The lowest BCUT2D eigenvalue weighted by atomic mass is 9.87. The molecule has 0 saturated heterocycles. The average Bonchev–Trinajstić information content (AvgIpc) is 2.97. The molecule has 1 aliphatic carbocycles. The van der Waals surface area contributed by atoms with Gasteiger partial charge < -0.3 is 10.1 Å². The van der Waals surface area contributed by atoms with E-state index in [0.29, 0.717) is 6.04 Å². The molecule has 1 aliphatic rings. The van der Waals surface area contributed by atoms with Crippen LogP contribution in [0, 0.1) is 0 Å². The normalized spacial score (nSPS) is 18.1. The first-order valence-corrected chi connectivity index (χ1v) is 6.61. The molecule has 3 rings (SSSR count). The molecule has 0 saturated carbocycles. The van der Waals surface area contributed by atoms with Crippen LogP contribution in [0.1, 0.15) is 35.8 Å². The lowest BCUT2D eigenvalue weighted by Crippen LogP contribution is -2.25. The molecule has 1 atom stereocenters. The second-order valence-corrected chi connectivity index (χ2v) is 4.82. The van der Waals surface area contributed by atoms with E-state index in [1.165, 1.54) is 23.9 Å². The fraction of sp³-hybridized carbons (Fsp3) is 0.429. The summed E-state index contributed by atoms with van der Waals surface area (Å²) in [6.45, 7) is 0.718. The zero-order chi connectivity index (χ0) is 13.1. The predicted molar refractivity (Wildman–Crippen MR) is 71.9 cm³/mol. The van der Waals surface area contributed by atoms with Crippen molar-refractivity contribution in [1.29, 1.82) is 0 Å². The minimum atomic E-state index is 0.389. The third kappa shape index (κ3) is 2.61. The van der Waals surface area contributed by atoms with E-state index in [4.69, 9.17) is 4.74 Å². The van der Waals surface area contributed by atoms with E-state index >= 15 is 0 Å². The van der Waals surface area contributed by atoms with E-state index in [1.54, 1.807) is 7.11 Å². The Morgan fingerprint density at radius 1 is 1.47 bits per heavy atom. The van der Waals surface area contributed by atoms with Crippen molar-refractivity contribution in [2.24, 2.45) is 0 Å². The van der Waals surface area contributed by atoms with Gasteiger partial charge in [-0.15, -0.1) is 0 Å². The van der Waals surface area contributed by atoms with E-state index in [0.717, 1.165) is 31.0 Å². The number of methoxy groups -OCH3 is 1. The number of fused-ring (bicyclic) bond motifs is 1. The van der Waals surface area contributed by atoms with Gasteiger partial charge >= 0.3 is 0 Å². The Hall–Kier alpha value is -1.88. The highest BCUT2D eigenvalue weighted by Gasteiger charge is 2.20. The highest BCUT2D eigenvalue weighted by Crippen LogP contribution is 2.32. The number of H-pyrrole nitrogens is 1. The Kier molecular flexibility index (Phi) is 3.46. The van der Waals surface area contributed by atoms with Gasteiger partial charge in [0.15, 0.2) is 0 Å². The molecular formula is C14H18N4O. The summed E-state index contributed by atoms with van der Waals surface area (Å²) in [7, 11) is 1.71. The van der Waals surface area contributed by atoms with E-state index in [-0.39, 0.29) is 0 Å². The van der Waals surface area contributed by atoms with Gasteiger partial charge in [0, 0.05) is 6.04 Å². The number of rotatable bonds is 4. The molecule has 0 fully saturated rings. The number of aromatic amines is 1. The van der Waals surface area contributed by atoms with Crippen molar-refractivity contribution in [2.45, 2.75) is 31.8 Å². The molecule has 2 aromatic rings. The van der Waals surface area contributed by atoms with Crippen molar-refractivity contribution < 1.29 is 4.74 Å². The van der Waals surface area contributed by atoms with E-state index in [1.807, 2.05) is 6.07 Å². The van der Waals surface area contributed by atoms with E-state index in [2.05, 4.69) is 32.6 Å². The fourth-order valence-electron chi connectivity index (χ4n) is 2.67. The highest BCUT2D eigenvalue weighted by molar-refractivity contribution is 5.39. The number of nitrogens with zero attached hydrogens (tertiary/aromatic N) is 2. The first-order chi connectivity index (χ1) is 9.36. The van der Waals surface area contributed by atoms with Gasteiger partial charge in [0.05, 0.1) is 13.7 Å². The van der Waals surface area contributed by atoms with Crippen molar-refractivity contribution in [2.75, 3.05) is 7.11 Å². The van der Waals surface area contributed by atoms with Crippen LogP contribution in [0.2, 0.25) is 0 Å². The molecule has 5 nitrogen and oxygen atoms in total. The zero-order valence-electron chi connectivity index (χ0n) is 11.0. The van der Waals surface area contributed by atoms with Crippen LogP contribution >= 0.6 is 0 Å². The number of aromatic nitrogens is 3. The van der Waals surface area contributed by atoms with Crippen molar-refractivity contribution >= 4 is 0 Å². The minimum absolute atomic E-state index is 0.389. The molecule has 1 unspecified atom stereocenters. The molecule has 0 spiro atoms. The van der Waals surface area contributed by atoms with Crippen LogP contribution in [0.5, 0.6) is 5.75 Å². The monoisotopic (exact) mass is 258 g/mol. The predicted octanol–water partition coefficient (Wildman–Crippen LogP) is 1.98. The minimum Gasteiger partial charge on any atom is -0.497 e. The van der Waals surface area contributed by atoms with Gasteiger partial charge in [-0.2, -0.15) is 5.10 Å². The SMILES string of the molecule is COc1ccc2c(c1)CCCC2NCc1ncn[nH]1. The van der Waals surface area contributed by atoms with Gasteiger partial charge in [0.2, 0.25) is 0 Å². The molecule has 19 heavy (non-hydrogen) atoms. The maximum absolute atomic E-state index is 5.29. The molecule has 1 aromatic heterocycles. The van der Waals surface area contributed by atoms with Crippen LogP contribution < -0.4 is 10.1 Å². The van der Waals surface area contributed by atoms with Gasteiger partial charge in [-0.25, -0.2) is 4.98 Å². The number of hydrogen-bond donors (Lipinski definition) is 2. The largest absolute Gasteiger partial charge is 0.497 e. The summed E-state index contributed by atoms with van der Waals surface area (Å²) in [4.78, 5) is 4.13. The average molecular weight is 258 g/mol. The molecule has 100 valence electrons. The standard InChI is InChI=1S/C14H18N4O/c1-19-11-5-6-12-10(7-11)3-2-4-13(12)15-8-14-16-9-17-18-14/h5-7,9,13,15H,2-4,8H2,1H3,(H,16,17,18).